The maximum atomic E-state index is 12.5. The smallest absolute Gasteiger partial charge is 0.358 e. The predicted molar refractivity (Wildman–Crippen MR) is 115 cm³/mol. The van der Waals surface area contributed by atoms with Crippen molar-refractivity contribution in [1.82, 2.24) is 10.3 Å². The van der Waals surface area contributed by atoms with Crippen LogP contribution in [0.4, 0.5) is 5.13 Å². The molecule has 1 aliphatic carbocycles. The molecule has 0 aliphatic heterocycles. The standard InChI is InChI=1S/C22H29N3O3S/c1-14-8-7-11-18(15(14)2)24-20(26)16(3)28-21(27)19-13-29-22(25-19)23-12-17-9-5-4-6-10-17/h4-6,9-10,13-16,18H,7-8,11-12H2,1-3H3,(H,23,25)(H,24,26)/t14-,15+,16-,18+/m0/s1. The zero-order valence-corrected chi connectivity index (χ0v) is 18.0. The van der Waals surface area contributed by atoms with Crippen molar-refractivity contribution >= 4 is 28.3 Å². The highest BCUT2D eigenvalue weighted by Crippen LogP contribution is 2.29. The SMILES string of the molecule is C[C@@H]1[C@@H](C)CCC[C@H]1NC(=O)[C@H](C)OC(=O)c1csc(NCc2ccccc2)n1. The lowest BCUT2D eigenvalue weighted by Gasteiger charge is -2.35. The number of thiazole rings is 1. The van der Waals surface area contributed by atoms with E-state index in [2.05, 4.69) is 29.5 Å². The van der Waals surface area contributed by atoms with Crippen LogP contribution < -0.4 is 10.6 Å². The number of rotatable bonds is 7. The molecule has 1 saturated carbocycles. The van der Waals surface area contributed by atoms with Gasteiger partial charge in [0.2, 0.25) is 0 Å². The van der Waals surface area contributed by atoms with E-state index in [0.29, 0.717) is 23.5 Å². The Balaban J connectivity index is 1.49. The third-order valence-corrected chi connectivity index (χ3v) is 6.49. The van der Waals surface area contributed by atoms with E-state index in [1.807, 2.05) is 30.3 Å². The van der Waals surface area contributed by atoms with Crippen molar-refractivity contribution in [3.63, 3.8) is 0 Å². The Morgan fingerprint density at radius 3 is 2.76 bits per heavy atom. The van der Waals surface area contributed by atoms with Crippen molar-refractivity contribution in [3.8, 4) is 0 Å². The fraction of sp³-hybridized carbons (Fsp3) is 0.500. The van der Waals surface area contributed by atoms with Crippen molar-refractivity contribution in [1.29, 1.82) is 0 Å². The molecule has 1 aromatic heterocycles. The molecule has 0 bridgehead atoms. The van der Waals surface area contributed by atoms with Crippen molar-refractivity contribution in [2.45, 2.75) is 58.7 Å². The molecule has 1 aliphatic rings. The van der Waals surface area contributed by atoms with Gasteiger partial charge in [0, 0.05) is 18.0 Å². The first-order chi connectivity index (χ1) is 13.9. The molecule has 0 saturated heterocycles. The molecule has 2 aromatic rings. The summed E-state index contributed by atoms with van der Waals surface area (Å²) < 4.78 is 5.34. The van der Waals surface area contributed by atoms with Gasteiger partial charge in [0.15, 0.2) is 16.9 Å². The van der Waals surface area contributed by atoms with Gasteiger partial charge < -0.3 is 15.4 Å². The van der Waals surface area contributed by atoms with Gasteiger partial charge in [0.1, 0.15) is 0 Å². The maximum absolute atomic E-state index is 12.5. The van der Waals surface area contributed by atoms with Gasteiger partial charge in [-0.1, -0.05) is 57.0 Å². The molecular formula is C22H29N3O3S. The molecule has 1 heterocycles. The molecule has 156 valence electrons. The van der Waals surface area contributed by atoms with Gasteiger partial charge >= 0.3 is 5.97 Å². The second kappa shape index (κ2) is 9.87. The Hall–Kier alpha value is -2.41. The van der Waals surface area contributed by atoms with E-state index < -0.39 is 12.1 Å². The highest BCUT2D eigenvalue weighted by atomic mass is 32.1. The van der Waals surface area contributed by atoms with E-state index in [0.717, 1.165) is 18.4 Å². The zero-order chi connectivity index (χ0) is 20.8. The van der Waals surface area contributed by atoms with Crippen LogP contribution in [0.25, 0.3) is 0 Å². The van der Waals surface area contributed by atoms with E-state index >= 15 is 0 Å². The van der Waals surface area contributed by atoms with Crippen molar-refractivity contribution < 1.29 is 14.3 Å². The number of amides is 1. The number of anilines is 1. The summed E-state index contributed by atoms with van der Waals surface area (Å²) in [5.41, 5.74) is 1.34. The van der Waals surface area contributed by atoms with Crippen LogP contribution in [0.5, 0.6) is 0 Å². The molecule has 3 rings (SSSR count). The number of benzene rings is 1. The van der Waals surface area contributed by atoms with Crippen molar-refractivity contribution in [2.75, 3.05) is 5.32 Å². The van der Waals surface area contributed by atoms with E-state index in [9.17, 15) is 9.59 Å². The Bertz CT molecular complexity index is 824. The van der Waals surface area contributed by atoms with Crippen LogP contribution in [-0.4, -0.2) is 29.0 Å². The van der Waals surface area contributed by atoms with Gasteiger partial charge in [0.25, 0.3) is 5.91 Å². The lowest BCUT2D eigenvalue weighted by molar-refractivity contribution is -0.130. The van der Waals surface area contributed by atoms with Gasteiger partial charge in [0.05, 0.1) is 0 Å². The zero-order valence-electron chi connectivity index (χ0n) is 17.2. The summed E-state index contributed by atoms with van der Waals surface area (Å²) in [7, 11) is 0. The molecule has 7 heteroatoms. The number of esters is 1. The number of nitrogens with one attached hydrogen (secondary N) is 2. The Morgan fingerprint density at radius 2 is 2.00 bits per heavy atom. The Labute approximate surface area is 176 Å². The number of carbonyl (C=O) groups is 2. The Morgan fingerprint density at radius 1 is 1.24 bits per heavy atom. The van der Waals surface area contributed by atoms with E-state index in [1.54, 1.807) is 12.3 Å². The van der Waals surface area contributed by atoms with Crippen LogP contribution in [0.2, 0.25) is 0 Å². The van der Waals surface area contributed by atoms with Crippen LogP contribution in [0, 0.1) is 11.8 Å². The minimum Gasteiger partial charge on any atom is -0.448 e. The van der Waals surface area contributed by atoms with Crippen LogP contribution in [0.1, 0.15) is 56.1 Å². The fourth-order valence-corrected chi connectivity index (χ4v) is 4.26. The van der Waals surface area contributed by atoms with Gasteiger partial charge in [-0.25, -0.2) is 9.78 Å². The van der Waals surface area contributed by atoms with Gasteiger partial charge in [-0.3, -0.25) is 4.79 Å². The summed E-state index contributed by atoms with van der Waals surface area (Å²) in [4.78, 5) is 29.1. The molecule has 0 spiro atoms. The van der Waals surface area contributed by atoms with E-state index in [4.69, 9.17) is 4.74 Å². The van der Waals surface area contributed by atoms with E-state index in [1.165, 1.54) is 17.8 Å². The summed E-state index contributed by atoms with van der Waals surface area (Å²) in [6, 6.07) is 10.1. The van der Waals surface area contributed by atoms with Crippen LogP contribution in [-0.2, 0) is 16.1 Å². The topological polar surface area (TPSA) is 80.3 Å². The minimum absolute atomic E-state index is 0.139. The first-order valence-corrected chi connectivity index (χ1v) is 11.1. The maximum Gasteiger partial charge on any atom is 0.358 e. The van der Waals surface area contributed by atoms with Crippen molar-refractivity contribution in [3.05, 3.63) is 47.0 Å². The van der Waals surface area contributed by atoms with Crippen LogP contribution in [0.3, 0.4) is 0 Å². The largest absolute Gasteiger partial charge is 0.448 e. The average molecular weight is 416 g/mol. The average Bonchev–Trinajstić information content (AvgIpc) is 3.20. The highest BCUT2D eigenvalue weighted by Gasteiger charge is 2.30. The molecule has 2 N–H and O–H groups in total. The predicted octanol–water partition coefficient (Wildman–Crippen LogP) is 4.24. The van der Waals surface area contributed by atoms with Gasteiger partial charge in [-0.05, 0) is 30.7 Å². The van der Waals surface area contributed by atoms with Crippen LogP contribution >= 0.6 is 11.3 Å². The molecule has 4 atom stereocenters. The number of nitrogens with zero attached hydrogens (tertiary/aromatic N) is 1. The number of hydrogen-bond donors (Lipinski definition) is 2. The molecule has 1 aromatic carbocycles. The summed E-state index contributed by atoms with van der Waals surface area (Å²) >= 11 is 1.34. The molecule has 1 fully saturated rings. The molecule has 6 nitrogen and oxygen atoms in total. The number of ether oxygens (including phenoxy) is 1. The number of hydrogen-bond acceptors (Lipinski definition) is 6. The summed E-state index contributed by atoms with van der Waals surface area (Å²) in [6.07, 6.45) is 2.43. The number of carbonyl (C=O) groups excluding carboxylic acids is 2. The third-order valence-electron chi connectivity index (χ3n) is 5.69. The normalized spacial score (nSPS) is 22.5. The third kappa shape index (κ3) is 5.79. The quantitative estimate of drug-likeness (QED) is 0.661. The molecule has 0 radical (unpaired) electrons. The lowest BCUT2D eigenvalue weighted by Crippen LogP contribution is -2.47. The first-order valence-electron chi connectivity index (χ1n) is 10.2. The second-order valence-electron chi connectivity index (χ2n) is 7.81. The van der Waals surface area contributed by atoms with Crippen molar-refractivity contribution in [2.24, 2.45) is 11.8 Å². The van der Waals surface area contributed by atoms with Crippen LogP contribution in [0.15, 0.2) is 35.7 Å². The number of aromatic nitrogens is 1. The molecule has 29 heavy (non-hydrogen) atoms. The Kier molecular flexibility index (Phi) is 7.25. The monoisotopic (exact) mass is 415 g/mol. The summed E-state index contributed by atoms with van der Waals surface area (Å²) in [5.74, 6) is 0.180. The highest BCUT2D eigenvalue weighted by molar-refractivity contribution is 7.13. The molecule has 1 amide bonds. The van der Waals surface area contributed by atoms with E-state index in [-0.39, 0.29) is 17.6 Å². The van der Waals surface area contributed by atoms with Gasteiger partial charge in [-0.2, -0.15) is 0 Å². The lowest BCUT2D eigenvalue weighted by atomic mass is 9.78. The van der Waals surface area contributed by atoms with Gasteiger partial charge in [-0.15, -0.1) is 11.3 Å². The summed E-state index contributed by atoms with van der Waals surface area (Å²) in [5, 5.41) is 8.53. The molecule has 0 unspecified atom stereocenters. The molecular weight excluding hydrogens is 386 g/mol. The fourth-order valence-electron chi connectivity index (χ4n) is 3.58. The first kappa shape index (κ1) is 21.3. The minimum atomic E-state index is -0.852. The summed E-state index contributed by atoms with van der Waals surface area (Å²) in [6.45, 7) is 6.62. The second-order valence-corrected chi connectivity index (χ2v) is 8.67.